The maximum absolute atomic E-state index is 3.85. The van der Waals surface area contributed by atoms with Crippen molar-refractivity contribution in [3.63, 3.8) is 0 Å². The van der Waals surface area contributed by atoms with Gasteiger partial charge in [0.2, 0.25) is 0 Å². The summed E-state index contributed by atoms with van der Waals surface area (Å²) in [5.74, 6) is 0. The Morgan fingerprint density at radius 1 is 1.00 bits per heavy atom. The van der Waals surface area contributed by atoms with Crippen molar-refractivity contribution in [1.29, 1.82) is 0 Å². The lowest BCUT2D eigenvalue weighted by Crippen LogP contribution is -1.91. The third-order valence-corrected chi connectivity index (χ3v) is 1.64. The predicted molar refractivity (Wildman–Crippen MR) is 44.5 cm³/mol. The summed E-state index contributed by atoms with van der Waals surface area (Å²) < 4.78 is 0. The molecule has 0 aliphatic carbocycles. The fourth-order valence-electron chi connectivity index (χ4n) is 1.02. The van der Waals surface area contributed by atoms with Crippen molar-refractivity contribution in [1.82, 2.24) is 30.8 Å². The first-order valence-corrected chi connectivity index (χ1v) is 3.97. The Kier molecular flexibility index (Phi) is 2.31. The topological polar surface area (TPSA) is 83.1 Å². The Bertz CT molecular complexity index is 290. The van der Waals surface area contributed by atoms with Crippen molar-refractivity contribution >= 4 is 0 Å². The standard InChI is InChI=1S/C7H9N6/c1(2-6-4-8-12-10-6)3-7-5-9-13-11-7/h1,4-5H,2-3H2,(H,8,10,12)(H,9,11,13). The highest BCUT2D eigenvalue weighted by molar-refractivity contribution is 5.01. The van der Waals surface area contributed by atoms with E-state index in [0.29, 0.717) is 0 Å². The van der Waals surface area contributed by atoms with Crippen LogP contribution in [-0.4, -0.2) is 30.8 Å². The van der Waals surface area contributed by atoms with Gasteiger partial charge in [-0.2, -0.15) is 0 Å². The highest BCUT2D eigenvalue weighted by atomic mass is 15.3. The Labute approximate surface area is 74.8 Å². The van der Waals surface area contributed by atoms with Crippen molar-refractivity contribution in [3.8, 4) is 0 Å². The molecule has 0 atom stereocenters. The van der Waals surface area contributed by atoms with Gasteiger partial charge in [0.15, 0.2) is 0 Å². The zero-order valence-electron chi connectivity index (χ0n) is 6.94. The van der Waals surface area contributed by atoms with E-state index in [0.717, 1.165) is 24.2 Å². The SMILES string of the molecule is [CH](Cc1c[nH]nn1)Cc1c[nH]nn1. The second-order valence-corrected chi connectivity index (χ2v) is 2.63. The summed E-state index contributed by atoms with van der Waals surface area (Å²) in [6.45, 7) is 0. The van der Waals surface area contributed by atoms with E-state index in [1.165, 1.54) is 0 Å². The summed E-state index contributed by atoms with van der Waals surface area (Å²) in [6.07, 6.45) is 7.22. The van der Waals surface area contributed by atoms with Gasteiger partial charge >= 0.3 is 0 Å². The van der Waals surface area contributed by atoms with Crippen molar-refractivity contribution in [2.75, 3.05) is 0 Å². The molecule has 0 saturated heterocycles. The quantitative estimate of drug-likeness (QED) is 0.683. The van der Waals surface area contributed by atoms with Crippen LogP contribution < -0.4 is 0 Å². The first-order chi connectivity index (χ1) is 6.45. The molecule has 2 rings (SSSR count). The van der Waals surface area contributed by atoms with Gasteiger partial charge in [-0.25, -0.2) is 0 Å². The first kappa shape index (κ1) is 7.90. The van der Waals surface area contributed by atoms with Gasteiger partial charge in [0, 0.05) is 12.4 Å². The molecule has 2 aromatic heterocycles. The number of aromatic amines is 2. The second-order valence-electron chi connectivity index (χ2n) is 2.63. The lowest BCUT2D eigenvalue weighted by atomic mass is 10.2. The Balaban J connectivity index is 1.76. The van der Waals surface area contributed by atoms with Crippen molar-refractivity contribution in [2.24, 2.45) is 0 Å². The molecule has 0 unspecified atom stereocenters. The van der Waals surface area contributed by atoms with E-state index >= 15 is 0 Å². The summed E-state index contributed by atoms with van der Waals surface area (Å²) in [4.78, 5) is 0. The third kappa shape index (κ3) is 2.11. The zero-order valence-corrected chi connectivity index (χ0v) is 6.94. The number of aromatic nitrogens is 6. The van der Waals surface area contributed by atoms with Crippen LogP contribution >= 0.6 is 0 Å². The van der Waals surface area contributed by atoms with Crippen LogP contribution in [0.5, 0.6) is 0 Å². The third-order valence-electron chi connectivity index (χ3n) is 1.64. The highest BCUT2D eigenvalue weighted by Gasteiger charge is 1.99. The molecule has 2 N–H and O–H groups in total. The van der Waals surface area contributed by atoms with Crippen LogP contribution in [0.1, 0.15) is 11.4 Å². The van der Waals surface area contributed by atoms with Gasteiger partial charge in [0.25, 0.3) is 0 Å². The van der Waals surface area contributed by atoms with Crippen LogP contribution in [0.2, 0.25) is 0 Å². The average Bonchev–Trinajstić information content (AvgIpc) is 2.75. The zero-order chi connectivity index (χ0) is 8.93. The van der Waals surface area contributed by atoms with Gasteiger partial charge in [-0.1, -0.05) is 10.4 Å². The number of hydrogen-bond donors (Lipinski definition) is 2. The lowest BCUT2D eigenvalue weighted by molar-refractivity contribution is 0.881. The predicted octanol–water partition coefficient (Wildman–Crippen LogP) is -0.0877. The molecular formula is C7H9N6. The van der Waals surface area contributed by atoms with Crippen LogP contribution in [0, 0.1) is 6.42 Å². The first-order valence-electron chi connectivity index (χ1n) is 3.97. The van der Waals surface area contributed by atoms with E-state index in [9.17, 15) is 0 Å². The van der Waals surface area contributed by atoms with Crippen LogP contribution in [0.15, 0.2) is 12.4 Å². The smallest absolute Gasteiger partial charge is 0.0827 e. The van der Waals surface area contributed by atoms with Gasteiger partial charge in [-0.15, -0.1) is 10.2 Å². The number of rotatable bonds is 4. The van der Waals surface area contributed by atoms with Gasteiger partial charge in [0.1, 0.15) is 0 Å². The molecule has 67 valence electrons. The maximum Gasteiger partial charge on any atom is 0.0827 e. The second kappa shape index (κ2) is 3.79. The molecule has 0 spiro atoms. The normalized spacial score (nSPS) is 10.5. The Morgan fingerprint density at radius 2 is 1.54 bits per heavy atom. The van der Waals surface area contributed by atoms with E-state index in [-0.39, 0.29) is 0 Å². The van der Waals surface area contributed by atoms with Crippen LogP contribution in [0.3, 0.4) is 0 Å². The van der Waals surface area contributed by atoms with Crippen LogP contribution in [-0.2, 0) is 12.8 Å². The fourth-order valence-corrected chi connectivity index (χ4v) is 1.02. The minimum absolute atomic E-state index is 0.795. The summed E-state index contributed by atoms with van der Waals surface area (Å²) in [6, 6.07) is 0. The molecule has 6 nitrogen and oxygen atoms in total. The number of H-pyrrole nitrogens is 2. The molecule has 0 saturated carbocycles. The lowest BCUT2D eigenvalue weighted by Gasteiger charge is -1.92. The molecular weight excluding hydrogens is 168 g/mol. The number of nitrogens with one attached hydrogen (secondary N) is 2. The molecule has 0 fully saturated rings. The molecule has 0 amide bonds. The van der Waals surface area contributed by atoms with E-state index in [1.807, 2.05) is 0 Å². The molecule has 6 heteroatoms. The van der Waals surface area contributed by atoms with E-state index in [1.54, 1.807) is 12.4 Å². The fraction of sp³-hybridized carbons (Fsp3) is 0.286. The van der Waals surface area contributed by atoms with Crippen molar-refractivity contribution in [3.05, 3.63) is 30.2 Å². The van der Waals surface area contributed by atoms with Crippen LogP contribution in [0.4, 0.5) is 0 Å². The molecule has 0 aliphatic heterocycles. The van der Waals surface area contributed by atoms with Gasteiger partial charge in [-0.3, -0.25) is 10.2 Å². The molecule has 1 radical (unpaired) electrons. The van der Waals surface area contributed by atoms with Gasteiger partial charge < -0.3 is 0 Å². The van der Waals surface area contributed by atoms with E-state index in [4.69, 9.17) is 0 Å². The minimum atomic E-state index is 0.795. The Morgan fingerprint density at radius 3 is 1.92 bits per heavy atom. The van der Waals surface area contributed by atoms with E-state index < -0.39 is 0 Å². The number of nitrogens with zero attached hydrogens (tertiary/aromatic N) is 4. The summed E-state index contributed by atoms with van der Waals surface area (Å²) in [5.41, 5.74) is 1.87. The molecule has 2 aromatic rings. The van der Waals surface area contributed by atoms with Gasteiger partial charge in [0.05, 0.1) is 11.4 Å². The molecule has 0 bridgehead atoms. The summed E-state index contributed by atoms with van der Waals surface area (Å²) >= 11 is 0. The highest BCUT2D eigenvalue weighted by Crippen LogP contribution is 1.99. The molecule has 0 aliphatic rings. The van der Waals surface area contributed by atoms with Crippen molar-refractivity contribution in [2.45, 2.75) is 12.8 Å². The van der Waals surface area contributed by atoms with Crippen LogP contribution in [0.25, 0.3) is 0 Å². The molecule has 13 heavy (non-hydrogen) atoms. The number of hydrogen-bond acceptors (Lipinski definition) is 4. The maximum atomic E-state index is 3.85. The Hall–Kier alpha value is -1.72. The van der Waals surface area contributed by atoms with Crippen molar-refractivity contribution < 1.29 is 0 Å². The molecule has 2 heterocycles. The summed E-state index contributed by atoms with van der Waals surface area (Å²) in [7, 11) is 0. The minimum Gasteiger partial charge on any atom is -0.265 e. The van der Waals surface area contributed by atoms with Gasteiger partial charge in [-0.05, 0) is 19.3 Å². The monoisotopic (exact) mass is 177 g/mol. The molecule has 0 aromatic carbocycles. The largest absolute Gasteiger partial charge is 0.265 e. The summed E-state index contributed by atoms with van der Waals surface area (Å²) in [5, 5.41) is 20.2. The average molecular weight is 177 g/mol. The van der Waals surface area contributed by atoms with E-state index in [2.05, 4.69) is 37.2 Å².